The second kappa shape index (κ2) is 4.01. The van der Waals surface area contributed by atoms with Gasteiger partial charge in [0.2, 0.25) is 0 Å². The minimum atomic E-state index is 0.0399. The molecule has 4 heteroatoms. The number of imidazole rings is 1. The van der Waals surface area contributed by atoms with E-state index >= 15 is 0 Å². The zero-order chi connectivity index (χ0) is 11.0. The smallest absolute Gasteiger partial charge is 0.306 e. The van der Waals surface area contributed by atoms with Crippen molar-refractivity contribution in [1.29, 1.82) is 0 Å². The Labute approximate surface area is 97.9 Å². The van der Waals surface area contributed by atoms with E-state index < -0.39 is 0 Å². The molecule has 1 aromatic heterocycles. The van der Waals surface area contributed by atoms with Crippen LogP contribution in [0.4, 0.5) is 0 Å². The van der Waals surface area contributed by atoms with Gasteiger partial charge in [0.25, 0.3) is 0 Å². The number of benzene rings is 1. The molecule has 1 aromatic carbocycles. The molecule has 1 fully saturated rings. The summed E-state index contributed by atoms with van der Waals surface area (Å²) in [6.45, 7) is 0. The number of nitrogens with one attached hydrogen (secondary N) is 1. The summed E-state index contributed by atoms with van der Waals surface area (Å²) in [5.41, 5.74) is 2.04. The Kier molecular flexibility index (Phi) is 2.52. The lowest BCUT2D eigenvalue weighted by atomic mass is 10.1. The Morgan fingerprint density at radius 3 is 2.81 bits per heavy atom. The number of para-hydroxylation sites is 2. The molecular weight excluding hydrogens is 220 g/mol. The van der Waals surface area contributed by atoms with Gasteiger partial charge in [-0.25, -0.2) is 4.79 Å². The van der Waals surface area contributed by atoms with Crippen molar-refractivity contribution in [2.45, 2.75) is 18.9 Å². The largest absolute Gasteiger partial charge is 0.326 e. The Balaban J connectivity index is 2.14. The first kappa shape index (κ1) is 10.0. The third-order valence-electron chi connectivity index (χ3n) is 3.18. The maximum Gasteiger partial charge on any atom is 0.326 e. The average Bonchev–Trinajstić information content (AvgIpc) is 2.66. The van der Waals surface area contributed by atoms with Crippen molar-refractivity contribution >= 4 is 22.8 Å². The number of hydrogen-bond acceptors (Lipinski definition) is 2. The van der Waals surface area contributed by atoms with Gasteiger partial charge in [-0.3, -0.25) is 4.57 Å². The maximum atomic E-state index is 11.9. The van der Waals surface area contributed by atoms with Crippen LogP contribution in [0.3, 0.4) is 0 Å². The molecule has 1 aliphatic heterocycles. The van der Waals surface area contributed by atoms with Gasteiger partial charge in [0, 0.05) is 6.04 Å². The normalized spacial score (nSPS) is 18.0. The first-order chi connectivity index (χ1) is 7.86. The van der Waals surface area contributed by atoms with E-state index in [-0.39, 0.29) is 5.69 Å². The summed E-state index contributed by atoms with van der Waals surface area (Å²) < 4.78 is 1.94. The second-order valence-electron chi connectivity index (χ2n) is 4.16. The van der Waals surface area contributed by atoms with Gasteiger partial charge in [-0.15, -0.1) is 0 Å². The quantitative estimate of drug-likeness (QED) is 0.822. The highest BCUT2D eigenvalue weighted by molar-refractivity contribution is 7.99. The molecule has 1 aliphatic rings. The molecule has 2 heterocycles. The molecule has 84 valence electrons. The third-order valence-corrected chi connectivity index (χ3v) is 4.23. The Morgan fingerprint density at radius 1 is 1.25 bits per heavy atom. The van der Waals surface area contributed by atoms with Gasteiger partial charge in [-0.2, -0.15) is 11.8 Å². The number of aromatic amines is 1. The standard InChI is InChI=1S/C12H14N2OS/c15-12-13-10-3-1-2-4-11(10)14(12)9-5-7-16-8-6-9/h1-4,9H,5-8H2,(H,13,15). The van der Waals surface area contributed by atoms with Crippen molar-refractivity contribution in [3.8, 4) is 0 Å². The number of nitrogens with zero attached hydrogens (tertiary/aromatic N) is 1. The lowest BCUT2D eigenvalue weighted by Gasteiger charge is -2.22. The molecule has 2 aromatic rings. The van der Waals surface area contributed by atoms with Crippen LogP contribution in [0.25, 0.3) is 11.0 Å². The monoisotopic (exact) mass is 234 g/mol. The number of hydrogen-bond donors (Lipinski definition) is 1. The topological polar surface area (TPSA) is 37.8 Å². The first-order valence-corrected chi connectivity index (χ1v) is 6.79. The zero-order valence-corrected chi connectivity index (χ0v) is 9.80. The minimum absolute atomic E-state index is 0.0399. The molecule has 0 spiro atoms. The molecule has 0 bridgehead atoms. The number of thioether (sulfide) groups is 1. The van der Waals surface area contributed by atoms with Crippen molar-refractivity contribution in [3.63, 3.8) is 0 Å². The van der Waals surface area contributed by atoms with Crippen molar-refractivity contribution in [3.05, 3.63) is 34.7 Å². The van der Waals surface area contributed by atoms with E-state index in [1.165, 1.54) is 0 Å². The minimum Gasteiger partial charge on any atom is -0.306 e. The Hall–Kier alpha value is -1.16. The highest BCUT2D eigenvalue weighted by Crippen LogP contribution is 2.28. The van der Waals surface area contributed by atoms with Crippen LogP contribution in [-0.4, -0.2) is 21.1 Å². The number of rotatable bonds is 1. The van der Waals surface area contributed by atoms with Crippen LogP contribution < -0.4 is 5.69 Å². The fraction of sp³-hybridized carbons (Fsp3) is 0.417. The fourth-order valence-electron chi connectivity index (χ4n) is 2.38. The number of fused-ring (bicyclic) bond motifs is 1. The molecule has 3 nitrogen and oxygen atoms in total. The third kappa shape index (κ3) is 1.57. The predicted molar refractivity (Wildman–Crippen MR) is 68.2 cm³/mol. The summed E-state index contributed by atoms with van der Waals surface area (Å²) in [5, 5.41) is 0. The average molecular weight is 234 g/mol. The molecule has 0 saturated carbocycles. The molecular formula is C12H14N2OS. The summed E-state index contributed by atoms with van der Waals surface area (Å²) >= 11 is 1.98. The van der Waals surface area contributed by atoms with Gasteiger partial charge in [0.1, 0.15) is 0 Å². The van der Waals surface area contributed by atoms with Crippen molar-refractivity contribution in [2.75, 3.05) is 11.5 Å². The van der Waals surface area contributed by atoms with Gasteiger partial charge in [-0.1, -0.05) is 12.1 Å². The van der Waals surface area contributed by atoms with E-state index in [1.807, 2.05) is 40.6 Å². The van der Waals surface area contributed by atoms with Crippen molar-refractivity contribution in [2.24, 2.45) is 0 Å². The van der Waals surface area contributed by atoms with Crippen LogP contribution in [0, 0.1) is 0 Å². The van der Waals surface area contributed by atoms with Gasteiger partial charge < -0.3 is 4.98 Å². The predicted octanol–water partition coefficient (Wildman–Crippen LogP) is 2.40. The van der Waals surface area contributed by atoms with Crippen LogP contribution in [0.5, 0.6) is 0 Å². The van der Waals surface area contributed by atoms with E-state index in [0.29, 0.717) is 6.04 Å². The fourth-order valence-corrected chi connectivity index (χ4v) is 3.46. The van der Waals surface area contributed by atoms with Gasteiger partial charge >= 0.3 is 5.69 Å². The van der Waals surface area contributed by atoms with Gasteiger partial charge in [0.05, 0.1) is 11.0 Å². The molecule has 0 radical (unpaired) electrons. The van der Waals surface area contributed by atoms with E-state index in [9.17, 15) is 4.79 Å². The molecule has 0 atom stereocenters. The molecule has 1 N–H and O–H groups in total. The van der Waals surface area contributed by atoms with E-state index in [2.05, 4.69) is 4.98 Å². The van der Waals surface area contributed by atoms with Crippen LogP contribution in [0.1, 0.15) is 18.9 Å². The lowest BCUT2D eigenvalue weighted by Crippen LogP contribution is -2.25. The lowest BCUT2D eigenvalue weighted by molar-refractivity contribution is 0.469. The van der Waals surface area contributed by atoms with Gasteiger partial charge in [0.15, 0.2) is 0 Å². The number of H-pyrrole nitrogens is 1. The molecule has 1 saturated heterocycles. The highest BCUT2D eigenvalue weighted by Gasteiger charge is 2.19. The SMILES string of the molecule is O=c1[nH]c2ccccc2n1C1CCSCC1. The zero-order valence-electron chi connectivity index (χ0n) is 8.98. The van der Waals surface area contributed by atoms with Crippen LogP contribution in [-0.2, 0) is 0 Å². The number of aromatic nitrogens is 2. The van der Waals surface area contributed by atoms with Crippen LogP contribution in [0.2, 0.25) is 0 Å². The molecule has 3 rings (SSSR count). The Morgan fingerprint density at radius 2 is 2.00 bits per heavy atom. The van der Waals surface area contributed by atoms with E-state index in [4.69, 9.17) is 0 Å². The van der Waals surface area contributed by atoms with Gasteiger partial charge in [-0.05, 0) is 36.5 Å². The second-order valence-corrected chi connectivity index (χ2v) is 5.39. The maximum absolute atomic E-state index is 11.9. The summed E-state index contributed by atoms with van der Waals surface area (Å²) in [4.78, 5) is 14.9. The summed E-state index contributed by atoms with van der Waals surface area (Å²) in [7, 11) is 0. The summed E-state index contributed by atoms with van der Waals surface area (Å²) in [5.74, 6) is 2.33. The van der Waals surface area contributed by atoms with E-state index in [1.54, 1.807) is 0 Å². The van der Waals surface area contributed by atoms with Crippen LogP contribution in [0.15, 0.2) is 29.1 Å². The van der Waals surface area contributed by atoms with Crippen LogP contribution >= 0.6 is 11.8 Å². The van der Waals surface area contributed by atoms with Crippen molar-refractivity contribution in [1.82, 2.24) is 9.55 Å². The Bertz CT molecular complexity index is 551. The molecule has 0 amide bonds. The summed E-state index contributed by atoms with van der Waals surface area (Å²) in [6, 6.07) is 8.31. The molecule has 0 aliphatic carbocycles. The molecule has 0 unspecified atom stereocenters. The first-order valence-electron chi connectivity index (χ1n) is 5.63. The molecule has 16 heavy (non-hydrogen) atoms. The summed E-state index contributed by atoms with van der Waals surface area (Å²) in [6.07, 6.45) is 2.21. The van der Waals surface area contributed by atoms with E-state index in [0.717, 1.165) is 35.4 Å². The highest BCUT2D eigenvalue weighted by atomic mass is 32.2. The van der Waals surface area contributed by atoms with Crippen molar-refractivity contribution < 1.29 is 0 Å².